The van der Waals surface area contributed by atoms with Crippen LogP contribution in [0.25, 0.3) is 0 Å². The number of benzene rings is 1. The summed E-state index contributed by atoms with van der Waals surface area (Å²) in [6.45, 7) is 2.84. The molecule has 0 radical (unpaired) electrons. The molecule has 1 aliphatic carbocycles. The van der Waals surface area contributed by atoms with Gasteiger partial charge < -0.3 is 9.47 Å². The number of carbonyl (C=O) groups is 3. The smallest absolute Gasteiger partial charge is 0.308 e. The Morgan fingerprint density at radius 2 is 1.67 bits per heavy atom. The number of aryl methyl sites for hydroxylation is 1. The van der Waals surface area contributed by atoms with Crippen LogP contribution in [0.5, 0.6) is 11.5 Å². The largest absolute Gasteiger partial charge is 0.492 e. The van der Waals surface area contributed by atoms with Crippen LogP contribution in [-0.4, -0.2) is 24.6 Å². The molecule has 21 heavy (non-hydrogen) atoms. The number of fused-ring (bicyclic) bond motifs is 1. The summed E-state index contributed by atoms with van der Waals surface area (Å²) in [5, 5.41) is -0.721. The molecule has 0 spiro atoms. The van der Waals surface area contributed by atoms with Gasteiger partial charge in [0.05, 0.1) is 12.7 Å². The maximum absolute atomic E-state index is 12.3. The van der Waals surface area contributed by atoms with Crippen molar-refractivity contribution in [1.82, 2.24) is 0 Å². The summed E-state index contributed by atoms with van der Waals surface area (Å²) in [5.41, 5.74) is 0.475. The summed E-state index contributed by atoms with van der Waals surface area (Å²) in [7, 11) is 1.30. The van der Waals surface area contributed by atoms with E-state index < -0.39 is 17.5 Å². The minimum absolute atomic E-state index is 0.0131. The number of Topliss-reactive ketones (excluding diaryl/α,β-unsaturated/α-hetero) is 2. The van der Waals surface area contributed by atoms with E-state index in [-0.39, 0.29) is 32.7 Å². The van der Waals surface area contributed by atoms with Crippen LogP contribution < -0.4 is 9.47 Å². The van der Waals surface area contributed by atoms with Crippen molar-refractivity contribution in [3.63, 3.8) is 0 Å². The number of halogens is 2. The Balaban J connectivity index is 2.81. The van der Waals surface area contributed by atoms with Crippen molar-refractivity contribution in [3.05, 3.63) is 32.8 Å². The maximum atomic E-state index is 12.3. The first-order valence-corrected chi connectivity index (χ1v) is 6.59. The average molecular weight is 329 g/mol. The Bertz CT molecular complexity index is 719. The zero-order valence-corrected chi connectivity index (χ0v) is 12.9. The Labute approximate surface area is 130 Å². The predicted molar refractivity (Wildman–Crippen MR) is 76.4 cm³/mol. The molecule has 0 saturated heterocycles. The van der Waals surface area contributed by atoms with Gasteiger partial charge in [-0.15, -0.1) is 0 Å². The van der Waals surface area contributed by atoms with Crippen LogP contribution in [-0.2, 0) is 4.79 Å². The Kier molecular flexibility index (Phi) is 4.07. The van der Waals surface area contributed by atoms with E-state index in [1.807, 2.05) is 0 Å². The van der Waals surface area contributed by atoms with Crippen molar-refractivity contribution in [2.24, 2.45) is 0 Å². The highest BCUT2D eigenvalue weighted by atomic mass is 35.5. The van der Waals surface area contributed by atoms with E-state index in [4.69, 9.17) is 32.7 Å². The van der Waals surface area contributed by atoms with Gasteiger partial charge in [0.15, 0.2) is 11.5 Å². The van der Waals surface area contributed by atoms with E-state index in [0.717, 1.165) is 0 Å². The van der Waals surface area contributed by atoms with Crippen molar-refractivity contribution in [3.8, 4) is 11.5 Å². The van der Waals surface area contributed by atoms with Gasteiger partial charge in [0.1, 0.15) is 10.1 Å². The number of ether oxygens (including phenoxy) is 2. The summed E-state index contributed by atoms with van der Waals surface area (Å²) in [6.07, 6.45) is 0. The summed E-state index contributed by atoms with van der Waals surface area (Å²) in [6, 6.07) is 1.42. The fourth-order valence-corrected chi connectivity index (χ4v) is 2.43. The molecule has 0 atom stereocenters. The molecule has 5 nitrogen and oxygen atoms in total. The van der Waals surface area contributed by atoms with Crippen LogP contribution in [0, 0.1) is 6.92 Å². The highest BCUT2D eigenvalue weighted by molar-refractivity contribution is 6.59. The number of rotatable bonds is 2. The third-order valence-corrected chi connectivity index (χ3v) is 3.75. The minimum atomic E-state index is -0.651. The van der Waals surface area contributed by atoms with E-state index >= 15 is 0 Å². The highest BCUT2D eigenvalue weighted by Crippen LogP contribution is 2.42. The highest BCUT2D eigenvalue weighted by Gasteiger charge is 2.35. The van der Waals surface area contributed by atoms with Gasteiger partial charge in [0.2, 0.25) is 11.6 Å². The molecule has 0 N–H and O–H groups in total. The molecular formula is C14H10Cl2O5. The lowest BCUT2D eigenvalue weighted by molar-refractivity contribution is -0.132. The number of methoxy groups -OCH3 is 1. The zero-order chi connectivity index (χ0) is 15.9. The second-order valence-electron chi connectivity index (χ2n) is 4.36. The first-order valence-electron chi connectivity index (χ1n) is 5.84. The Hall–Kier alpha value is -1.85. The molecule has 0 fully saturated rings. The molecule has 2 rings (SSSR count). The average Bonchev–Trinajstić information content (AvgIpc) is 2.43. The number of hydrogen-bond acceptors (Lipinski definition) is 5. The lowest BCUT2D eigenvalue weighted by Gasteiger charge is -2.20. The number of allylic oxidation sites excluding steroid dienone is 2. The van der Waals surface area contributed by atoms with Crippen LogP contribution in [0.15, 0.2) is 16.1 Å². The van der Waals surface area contributed by atoms with Crippen molar-refractivity contribution in [2.75, 3.05) is 7.11 Å². The summed E-state index contributed by atoms with van der Waals surface area (Å²) in [4.78, 5) is 35.6. The summed E-state index contributed by atoms with van der Waals surface area (Å²) >= 11 is 11.5. The van der Waals surface area contributed by atoms with Gasteiger partial charge in [-0.25, -0.2) is 0 Å². The molecule has 0 unspecified atom stereocenters. The molecule has 1 aliphatic rings. The third-order valence-electron chi connectivity index (χ3n) is 2.93. The van der Waals surface area contributed by atoms with Gasteiger partial charge in [-0.1, -0.05) is 23.2 Å². The van der Waals surface area contributed by atoms with Gasteiger partial charge >= 0.3 is 5.97 Å². The van der Waals surface area contributed by atoms with Gasteiger partial charge in [0.25, 0.3) is 0 Å². The predicted octanol–water partition coefficient (Wildman–Crippen LogP) is 3.00. The number of hydrogen-bond donors (Lipinski definition) is 0. The van der Waals surface area contributed by atoms with Crippen LogP contribution in [0.4, 0.5) is 0 Å². The third kappa shape index (κ3) is 2.43. The van der Waals surface area contributed by atoms with E-state index in [1.54, 1.807) is 6.92 Å². The monoisotopic (exact) mass is 328 g/mol. The topological polar surface area (TPSA) is 69.7 Å². The Morgan fingerprint density at radius 1 is 1.10 bits per heavy atom. The molecule has 1 aromatic rings. The van der Waals surface area contributed by atoms with Crippen LogP contribution in [0.1, 0.15) is 33.2 Å². The Morgan fingerprint density at radius 3 is 2.19 bits per heavy atom. The fraction of sp³-hybridized carbons (Fsp3) is 0.214. The zero-order valence-electron chi connectivity index (χ0n) is 11.4. The molecule has 0 aromatic heterocycles. The lowest BCUT2D eigenvalue weighted by atomic mass is 9.91. The molecule has 0 heterocycles. The van der Waals surface area contributed by atoms with E-state index in [2.05, 4.69) is 0 Å². The van der Waals surface area contributed by atoms with Gasteiger partial charge in [-0.05, 0) is 18.6 Å². The van der Waals surface area contributed by atoms with E-state index in [1.165, 1.54) is 20.1 Å². The first-order chi connectivity index (χ1) is 9.79. The minimum Gasteiger partial charge on any atom is -0.492 e. The quantitative estimate of drug-likeness (QED) is 0.616. The van der Waals surface area contributed by atoms with E-state index in [9.17, 15) is 14.4 Å². The normalized spacial score (nSPS) is 14.1. The van der Waals surface area contributed by atoms with Gasteiger partial charge in [-0.2, -0.15) is 0 Å². The molecule has 1 aromatic carbocycles. The van der Waals surface area contributed by atoms with E-state index in [0.29, 0.717) is 5.56 Å². The van der Waals surface area contributed by atoms with Crippen molar-refractivity contribution in [1.29, 1.82) is 0 Å². The molecule has 110 valence electrons. The molecule has 0 amide bonds. The second-order valence-corrected chi connectivity index (χ2v) is 5.11. The summed E-state index contributed by atoms with van der Waals surface area (Å²) < 4.78 is 10.2. The molecule has 0 bridgehead atoms. The van der Waals surface area contributed by atoms with Gasteiger partial charge in [0, 0.05) is 12.5 Å². The maximum Gasteiger partial charge on any atom is 0.308 e. The van der Waals surface area contributed by atoms with Crippen LogP contribution in [0.2, 0.25) is 0 Å². The number of carbonyl (C=O) groups excluding carboxylic acids is 3. The lowest BCUT2D eigenvalue weighted by Crippen LogP contribution is -2.20. The molecule has 0 saturated carbocycles. The number of ketones is 2. The molecular weight excluding hydrogens is 319 g/mol. The van der Waals surface area contributed by atoms with Gasteiger partial charge in [-0.3, -0.25) is 14.4 Å². The SMILES string of the molecule is COc1c(OC(C)=O)c(C)cc2c1C(=O)C(Cl)=C(Cl)C2=O. The molecule has 0 aliphatic heterocycles. The second kappa shape index (κ2) is 5.50. The standard InChI is InChI=1S/C14H10Cl2O5/c1-5-4-7-8(12(19)10(16)9(15)11(7)18)14(20-3)13(5)21-6(2)17/h4H,1-3H3. The number of esters is 1. The molecule has 7 heteroatoms. The summed E-state index contributed by atoms with van der Waals surface area (Å²) in [5.74, 6) is -1.74. The fourth-order valence-electron chi connectivity index (χ4n) is 2.07. The van der Waals surface area contributed by atoms with Crippen LogP contribution in [0.3, 0.4) is 0 Å². The van der Waals surface area contributed by atoms with Crippen molar-refractivity contribution >= 4 is 40.7 Å². The van der Waals surface area contributed by atoms with Crippen LogP contribution >= 0.6 is 23.2 Å². The van der Waals surface area contributed by atoms with Crippen molar-refractivity contribution < 1.29 is 23.9 Å². The van der Waals surface area contributed by atoms with Crippen molar-refractivity contribution in [2.45, 2.75) is 13.8 Å². The first kappa shape index (κ1) is 15.5.